The number of amides is 1. The van der Waals surface area contributed by atoms with Crippen molar-refractivity contribution in [2.75, 3.05) is 18.2 Å². The average molecular weight is 422 g/mol. The molecule has 4 rings (SSSR count). The molecule has 0 radical (unpaired) electrons. The zero-order valence-corrected chi connectivity index (χ0v) is 18.5. The van der Waals surface area contributed by atoms with Crippen LogP contribution in [0.1, 0.15) is 41.3 Å². The van der Waals surface area contributed by atoms with E-state index in [1.54, 1.807) is 17.5 Å². The Morgan fingerprint density at radius 1 is 1.03 bits per heavy atom. The van der Waals surface area contributed by atoms with Gasteiger partial charge in [0.25, 0.3) is 5.91 Å². The molecule has 0 bridgehead atoms. The average Bonchev–Trinajstić information content (AvgIpc) is 3.20. The van der Waals surface area contributed by atoms with E-state index < -0.39 is 0 Å². The van der Waals surface area contributed by atoms with Gasteiger partial charge >= 0.3 is 0 Å². The van der Waals surface area contributed by atoms with Crippen LogP contribution in [0.3, 0.4) is 0 Å². The topological polar surface area (TPSA) is 89.3 Å². The van der Waals surface area contributed by atoms with Crippen LogP contribution in [0.4, 0.5) is 5.82 Å². The first-order chi connectivity index (χ1) is 14.8. The van der Waals surface area contributed by atoms with Gasteiger partial charge in [0.2, 0.25) is 0 Å². The highest BCUT2D eigenvalue weighted by molar-refractivity contribution is 5.98. The number of hydrogen-bond acceptors (Lipinski definition) is 7. The van der Waals surface area contributed by atoms with Gasteiger partial charge in [0.15, 0.2) is 5.82 Å². The van der Waals surface area contributed by atoms with Gasteiger partial charge in [-0.25, -0.2) is 15.0 Å². The number of anilines is 1. The molecule has 1 amide bonds. The molecular weight excluding hydrogens is 394 g/mol. The Morgan fingerprint density at radius 3 is 2.48 bits per heavy atom. The lowest BCUT2D eigenvalue weighted by atomic mass is 10.1. The second-order valence-electron chi connectivity index (χ2n) is 8.02. The van der Waals surface area contributed by atoms with Crippen molar-refractivity contribution >= 4 is 11.7 Å². The summed E-state index contributed by atoms with van der Waals surface area (Å²) in [6.45, 7) is 10.6. The Labute approximate surface area is 181 Å². The van der Waals surface area contributed by atoms with Gasteiger partial charge in [-0.05, 0) is 46.8 Å². The zero-order chi connectivity index (χ0) is 22.1. The molecule has 1 saturated heterocycles. The summed E-state index contributed by atoms with van der Waals surface area (Å²) in [6.07, 6.45) is 3.20. The van der Waals surface area contributed by atoms with Gasteiger partial charge in [0, 0.05) is 17.8 Å². The minimum absolute atomic E-state index is 0.0727. The lowest BCUT2D eigenvalue weighted by Crippen LogP contribution is -2.47. The molecule has 2 atom stereocenters. The van der Waals surface area contributed by atoms with Gasteiger partial charge in [0.1, 0.15) is 5.82 Å². The fraction of sp³-hybridized carbons (Fsp3) is 0.409. The van der Waals surface area contributed by atoms with Crippen molar-refractivity contribution in [1.82, 2.24) is 29.9 Å². The van der Waals surface area contributed by atoms with Crippen molar-refractivity contribution in [3.8, 4) is 5.69 Å². The van der Waals surface area contributed by atoms with Crippen LogP contribution in [0, 0.1) is 20.8 Å². The van der Waals surface area contributed by atoms with Crippen LogP contribution in [0.2, 0.25) is 0 Å². The molecule has 3 aromatic rings. The van der Waals surface area contributed by atoms with Crippen LogP contribution < -0.4 is 5.06 Å². The number of nitrogens with zero attached hydrogens (tertiary/aromatic N) is 7. The molecule has 3 heterocycles. The van der Waals surface area contributed by atoms with E-state index in [0.717, 1.165) is 11.3 Å². The molecule has 1 aliphatic rings. The minimum atomic E-state index is -0.129. The maximum atomic E-state index is 13.8. The number of benzene rings is 1. The highest BCUT2D eigenvalue weighted by Crippen LogP contribution is 2.24. The Kier molecular flexibility index (Phi) is 5.69. The molecule has 31 heavy (non-hydrogen) atoms. The number of hydrogen-bond donors (Lipinski definition) is 0. The Balaban J connectivity index is 1.66. The van der Waals surface area contributed by atoms with E-state index in [1.165, 1.54) is 4.80 Å². The van der Waals surface area contributed by atoms with E-state index in [2.05, 4.69) is 20.2 Å². The summed E-state index contributed by atoms with van der Waals surface area (Å²) in [4.78, 5) is 32.0. The summed E-state index contributed by atoms with van der Waals surface area (Å²) >= 11 is 0. The highest BCUT2D eigenvalue weighted by atomic mass is 16.7. The molecule has 162 valence electrons. The first-order valence-corrected chi connectivity index (χ1v) is 10.4. The maximum absolute atomic E-state index is 13.8. The third kappa shape index (κ3) is 4.27. The normalized spacial score (nSPS) is 19.4. The quantitative estimate of drug-likeness (QED) is 0.642. The van der Waals surface area contributed by atoms with Crippen LogP contribution in [0.15, 0.2) is 36.7 Å². The lowest BCUT2D eigenvalue weighted by molar-refractivity contribution is 0.0544. The van der Waals surface area contributed by atoms with Gasteiger partial charge in [0.05, 0.1) is 42.8 Å². The van der Waals surface area contributed by atoms with Crippen LogP contribution in [-0.2, 0) is 4.84 Å². The molecule has 1 aliphatic heterocycles. The Bertz CT molecular complexity index is 1060. The van der Waals surface area contributed by atoms with Crippen molar-refractivity contribution in [3.63, 3.8) is 0 Å². The van der Waals surface area contributed by atoms with E-state index in [9.17, 15) is 4.79 Å². The van der Waals surface area contributed by atoms with Gasteiger partial charge < -0.3 is 4.90 Å². The smallest absolute Gasteiger partial charge is 0.256 e. The second-order valence-corrected chi connectivity index (χ2v) is 8.02. The summed E-state index contributed by atoms with van der Waals surface area (Å²) in [7, 11) is 0. The number of carbonyl (C=O) groups is 1. The summed E-state index contributed by atoms with van der Waals surface area (Å²) in [6, 6.07) is 7.38. The van der Waals surface area contributed by atoms with Gasteiger partial charge in [-0.3, -0.25) is 9.63 Å². The van der Waals surface area contributed by atoms with Crippen LogP contribution in [-0.4, -0.2) is 61.0 Å². The molecule has 9 heteroatoms. The third-order valence-corrected chi connectivity index (χ3v) is 5.31. The molecule has 1 aromatic carbocycles. The monoisotopic (exact) mass is 421 g/mol. The van der Waals surface area contributed by atoms with Crippen molar-refractivity contribution < 1.29 is 9.63 Å². The van der Waals surface area contributed by atoms with Crippen molar-refractivity contribution in [2.24, 2.45) is 0 Å². The van der Waals surface area contributed by atoms with E-state index in [4.69, 9.17) is 4.84 Å². The fourth-order valence-electron chi connectivity index (χ4n) is 3.95. The third-order valence-electron chi connectivity index (χ3n) is 5.31. The summed E-state index contributed by atoms with van der Waals surface area (Å²) < 4.78 is 0. The predicted molar refractivity (Wildman–Crippen MR) is 116 cm³/mol. The van der Waals surface area contributed by atoms with Crippen molar-refractivity contribution in [1.29, 1.82) is 0 Å². The zero-order valence-electron chi connectivity index (χ0n) is 18.5. The number of rotatable bonds is 3. The molecule has 0 aliphatic carbocycles. The number of hydroxylamine groups is 1. The molecule has 0 saturated carbocycles. The van der Waals surface area contributed by atoms with Crippen LogP contribution in [0.5, 0.6) is 0 Å². The highest BCUT2D eigenvalue weighted by Gasteiger charge is 2.33. The minimum Gasteiger partial charge on any atom is -0.329 e. The number of aryl methyl sites for hydroxylation is 3. The fourth-order valence-corrected chi connectivity index (χ4v) is 3.95. The van der Waals surface area contributed by atoms with E-state index in [1.807, 2.05) is 63.8 Å². The molecular formula is C22H27N7O2. The number of aromatic nitrogens is 5. The number of carbonyl (C=O) groups excluding carboxylic acids is 1. The van der Waals surface area contributed by atoms with E-state index >= 15 is 0 Å². The van der Waals surface area contributed by atoms with Gasteiger partial charge in [-0.1, -0.05) is 11.6 Å². The molecule has 9 nitrogen and oxygen atoms in total. The molecule has 0 spiro atoms. The standard InChI is InChI=1S/C22H27N7O2/c1-14-6-7-20(29-23-8-9-24-29)19(10-14)22(30)28-16(3)12-27(31-13-17(28)4)21-11-15(2)25-18(5)26-21/h6-11,16-17H,12-13H2,1-5H3/t16-,17+/m0/s1. The maximum Gasteiger partial charge on any atom is 0.256 e. The predicted octanol–water partition coefficient (Wildman–Crippen LogP) is 2.65. The molecule has 0 unspecified atom stereocenters. The first kappa shape index (κ1) is 20.9. The second kappa shape index (κ2) is 8.43. The lowest BCUT2D eigenvalue weighted by Gasteiger charge is -2.32. The van der Waals surface area contributed by atoms with Gasteiger partial charge in [-0.2, -0.15) is 15.0 Å². The Morgan fingerprint density at radius 2 is 1.77 bits per heavy atom. The summed E-state index contributed by atoms with van der Waals surface area (Å²) in [5.41, 5.74) is 3.10. The largest absolute Gasteiger partial charge is 0.329 e. The van der Waals surface area contributed by atoms with Crippen LogP contribution >= 0.6 is 0 Å². The summed E-state index contributed by atoms with van der Waals surface area (Å²) in [5, 5.41) is 10.2. The first-order valence-electron chi connectivity index (χ1n) is 10.4. The molecule has 1 fully saturated rings. The molecule has 0 N–H and O–H groups in total. The van der Waals surface area contributed by atoms with Crippen molar-refractivity contribution in [2.45, 2.75) is 46.7 Å². The van der Waals surface area contributed by atoms with Gasteiger partial charge in [-0.15, -0.1) is 0 Å². The molecule has 2 aromatic heterocycles. The van der Waals surface area contributed by atoms with E-state index in [-0.39, 0.29) is 18.0 Å². The summed E-state index contributed by atoms with van der Waals surface area (Å²) in [5.74, 6) is 1.32. The SMILES string of the molecule is Cc1ccc(-n2nccn2)c(C(=O)N2[C@H](C)CON(c3cc(C)nc(C)n3)C[C@@H]2C)c1. The Hall–Kier alpha value is -3.33. The van der Waals surface area contributed by atoms with Crippen molar-refractivity contribution in [3.05, 3.63) is 59.3 Å². The van der Waals surface area contributed by atoms with E-state index in [0.29, 0.717) is 36.0 Å². The van der Waals surface area contributed by atoms with Crippen LogP contribution in [0.25, 0.3) is 5.69 Å².